The number of nitrogens with zero attached hydrogens (tertiary/aromatic N) is 1. The van der Waals surface area contributed by atoms with Gasteiger partial charge in [0.2, 0.25) is 0 Å². The minimum Gasteiger partial charge on any atom is -0.504 e. The van der Waals surface area contributed by atoms with Crippen LogP contribution in [0.25, 0.3) is 12.2 Å². The molecule has 5 nitrogen and oxygen atoms in total. The number of hydrogen-bond donors (Lipinski definition) is 2. The summed E-state index contributed by atoms with van der Waals surface area (Å²) >= 11 is 0. The number of fused-ring (bicyclic) bond motifs is 2. The smallest absolute Gasteiger partial charge is 0.323 e. The van der Waals surface area contributed by atoms with Crippen LogP contribution in [0.15, 0.2) is 36.4 Å². The Morgan fingerprint density at radius 2 is 1.86 bits per heavy atom. The van der Waals surface area contributed by atoms with Crippen molar-refractivity contribution < 1.29 is 14.6 Å². The Hall–Kier alpha value is -2.95. The van der Waals surface area contributed by atoms with E-state index in [4.69, 9.17) is 10.5 Å². The zero-order chi connectivity index (χ0) is 15.0. The molecule has 2 amide bonds. The van der Waals surface area contributed by atoms with Gasteiger partial charge >= 0.3 is 6.03 Å². The number of phenolic OH excluding ortho intramolecular Hbond substituents is 1. The second-order valence-corrected chi connectivity index (χ2v) is 4.65. The first-order valence-electron chi connectivity index (χ1n) is 6.39. The summed E-state index contributed by atoms with van der Waals surface area (Å²) in [4.78, 5) is 13.3. The summed E-state index contributed by atoms with van der Waals surface area (Å²) in [6.07, 6.45) is 3.71. The van der Waals surface area contributed by atoms with Gasteiger partial charge in [0.25, 0.3) is 0 Å². The van der Waals surface area contributed by atoms with Crippen LogP contribution in [0.4, 0.5) is 16.2 Å². The van der Waals surface area contributed by atoms with Crippen molar-refractivity contribution in [2.24, 2.45) is 5.73 Å². The summed E-state index contributed by atoms with van der Waals surface area (Å²) in [7, 11) is 1.45. The van der Waals surface area contributed by atoms with Crippen molar-refractivity contribution in [2.45, 2.75) is 0 Å². The first-order chi connectivity index (χ1) is 10.1. The van der Waals surface area contributed by atoms with Crippen LogP contribution in [-0.4, -0.2) is 18.2 Å². The van der Waals surface area contributed by atoms with Gasteiger partial charge in [0.05, 0.1) is 18.5 Å². The zero-order valence-corrected chi connectivity index (χ0v) is 11.4. The second-order valence-electron chi connectivity index (χ2n) is 4.65. The van der Waals surface area contributed by atoms with Crippen molar-refractivity contribution in [2.75, 3.05) is 12.0 Å². The van der Waals surface area contributed by atoms with Crippen molar-refractivity contribution in [3.8, 4) is 11.5 Å². The third-order valence-electron chi connectivity index (χ3n) is 3.41. The summed E-state index contributed by atoms with van der Waals surface area (Å²) < 4.78 is 5.12. The Kier molecular flexibility index (Phi) is 3.02. The first-order valence-corrected chi connectivity index (χ1v) is 6.39. The molecule has 3 rings (SSSR count). The van der Waals surface area contributed by atoms with E-state index in [2.05, 4.69) is 0 Å². The Labute approximate surface area is 121 Å². The molecule has 2 aromatic carbocycles. The van der Waals surface area contributed by atoms with E-state index >= 15 is 0 Å². The number of ether oxygens (including phenoxy) is 1. The number of anilines is 2. The van der Waals surface area contributed by atoms with E-state index in [1.54, 1.807) is 12.1 Å². The number of phenols is 1. The monoisotopic (exact) mass is 282 g/mol. The molecular weight excluding hydrogens is 268 g/mol. The average molecular weight is 282 g/mol. The standard InChI is InChI=1S/C16H14N2O3/c1-21-15-9-13-11(8-14(15)19)7-6-10-4-2-3-5-12(10)18(13)16(17)20/h2-9,19H,1H3,(H2,17,20). The van der Waals surface area contributed by atoms with Gasteiger partial charge in [-0.25, -0.2) is 4.79 Å². The zero-order valence-electron chi connectivity index (χ0n) is 11.4. The molecule has 0 aliphatic carbocycles. The topological polar surface area (TPSA) is 75.8 Å². The molecule has 0 saturated carbocycles. The number of rotatable bonds is 1. The molecule has 0 fully saturated rings. The van der Waals surface area contributed by atoms with Crippen LogP contribution in [0, 0.1) is 0 Å². The number of nitrogens with two attached hydrogens (primary N) is 1. The highest BCUT2D eigenvalue weighted by Gasteiger charge is 2.23. The quantitative estimate of drug-likeness (QED) is 0.843. The second kappa shape index (κ2) is 4.86. The van der Waals surface area contributed by atoms with Gasteiger partial charge in [-0.2, -0.15) is 0 Å². The van der Waals surface area contributed by atoms with Crippen LogP contribution in [0.3, 0.4) is 0 Å². The predicted molar refractivity (Wildman–Crippen MR) is 81.8 cm³/mol. The normalized spacial score (nSPS) is 12.3. The van der Waals surface area contributed by atoms with E-state index < -0.39 is 6.03 Å². The third kappa shape index (κ3) is 2.08. The molecule has 1 aliphatic heterocycles. The summed E-state index contributed by atoms with van der Waals surface area (Å²) in [6, 6.07) is 9.99. The highest BCUT2D eigenvalue weighted by Crippen LogP contribution is 2.41. The number of para-hydroxylation sites is 1. The Morgan fingerprint density at radius 3 is 2.57 bits per heavy atom. The molecule has 0 unspecified atom stereocenters. The van der Waals surface area contributed by atoms with Crippen molar-refractivity contribution in [3.63, 3.8) is 0 Å². The number of carbonyl (C=O) groups excluding carboxylic acids is 1. The van der Waals surface area contributed by atoms with Crippen LogP contribution in [0.5, 0.6) is 11.5 Å². The van der Waals surface area contributed by atoms with Crippen LogP contribution >= 0.6 is 0 Å². The van der Waals surface area contributed by atoms with E-state index in [-0.39, 0.29) is 11.5 Å². The van der Waals surface area contributed by atoms with Crippen molar-refractivity contribution in [1.82, 2.24) is 0 Å². The molecule has 21 heavy (non-hydrogen) atoms. The lowest BCUT2D eigenvalue weighted by atomic mass is 10.1. The Balaban J connectivity index is 2.30. The fourth-order valence-electron chi connectivity index (χ4n) is 2.44. The van der Waals surface area contributed by atoms with Gasteiger partial charge < -0.3 is 15.6 Å². The van der Waals surface area contributed by atoms with E-state index in [1.165, 1.54) is 12.0 Å². The maximum atomic E-state index is 11.9. The van der Waals surface area contributed by atoms with Crippen molar-refractivity contribution >= 4 is 29.6 Å². The first kappa shape index (κ1) is 13.1. The molecule has 0 saturated heterocycles. The molecule has 0 atom stereocenters. The average Bonchev–Trinajstić information content (AvgIpc) is 2.62. The van der Waals surface area contributed by atoms with Crippen LogP contribution in [-0.2, 0) is 0 Å². The molecular formula is C16H14N2O3. The number of primary amides is 1. The maximum Gasteiger partial charge on any atom is 0.323 e. The van der Waals surface area contributed by atoms with Gasteiger partial charge in [-0.05, 0) is 17.7 Å². The summed E-state index contributed by atoms with van der Waals surface area (Å²) in [6.45, 7) is 0. The number of urea groups is 1. The third-order valence-corrected chi connectivity index (χ3v) is 3.41. The molecule has 0 bridgehead atoms. The van der Waals surface area contributed by atoms with Gasteiger partial charge in [-0.1, -0.05) is 30.4 Å². The van der Waals surface area contributed by atoms with Gasteiger partial charge in [-0.15, -0.1) is 0 Å². The molecule has 106 valence electrons. The summed E-state index contributed by atoms with van der Waals surface area (Å²) in [5.74, 6) is 0.295. The number of amides is 2. The minimum absolute atomic E-state index is 0.0104. The van der Waals surface area contributed by atoms with Gasteiger partial charge in [0.15, 0.2) is 11.5 Å². The SMILES string of the molecule is COc1cc2c(cc1O)C=Cc1ccccc1N2C(N)=O. The highest BCUT2D eigenvalue weighted by atomic mass is 16.5. The van der Waals surface area contributed by atoms with E-state index in [1.807, 2.05) is 36.4 Å². The largest absolute Gasteiger partial charge is 0.504 e. The van der Waals surface area contributed by atoms with Gasteiger partial charge in [0, 0.05) is 11.6 Å². The molecule has 5 heteroatoms. The number of methoxy groups -OCH3 is 1. The van der Waals surface area contributed by atoms with Gasteiger partial charge in [-0.3, -0.25) is 4.90 Å². The van der Waals surface area contributed by atoms with Crippen LogP contribution in [0.1, 0.15) is 11.1 Å². The van der Waals surface area contributed by atoms with Crippen LogP contribution < -0.4 is 15.4 Å². The van der Waals surface area contributed by atoms with E-state index in [0.29, 0.717) is 16.9 Å². The lowest BCUT2D eigenvalue weighted by Crippen LogP contribution is -2.32. The van der Waals surface area contributed by atoms with E-state index in [9.17, 15) is 9.90 Å². The molecule has 0 aromatic heterocycles. The molecule has 1 heterocycles. The predicted octanol–water partition coefficient (Wildman–Crippen LogP) is 3.10. The summed E-state index contributed by atoms with van der Waals surface area (Å²) in [5.41, 5.74) is 8.36. The molecule has 3 N–H and O–H groups in total. The molecule has 0 radical (unpaired) electrons. The molecule has 0 spiro atoms. The van der Waals surface area contributed by atoms with Crippen molar-refractivity contribution in [3.05, 3.63) is 47.5 Å². The molecule has 2 aromatic rings. The fraction of sp³-hybridized carbons (Fsp3) is 0.0625. The number of hydrogen-bond acceptors (Lipinski definition) is 3. The number of carbonyl (C=O) groups is 1. The maximum absolute atomic E-state index is 11.9. The van der Waals surface area contributed by atoms with E-state index in [0.717, 1.165) is 5.56 Å². The highest BCUT2D eigenvalue weighted by molar-refractivity contribution is 6.05. The number of aromatic hydroxyl groups is 1. The lowest BCUT2D eigenvalue weighted by molar-refractivity contribution is 0.256. The van der Waals surface area contributed by atoms with Gasteiger partial charge in [0.1, 0.15) is 0 Å². The lowest BCUT2D eigenvalue weighted by Gasteiger charge is -2.23. The minimum atomic E-state index is -0.597. The Morgan fingerprint density at radius 1 is 1.14 bits per heavy atom. The number of benzene rings is 2. The summed E-state index contributed by atoms with van der Waals surface area (Å²) in [5, 5.41) is 9.91. The fourth-order valence-corrected chi connectivity index (χ4v) is 2.44. The molecule has 1 aliphatic rings. The van der Waals surface area contributed by atoms with Crippen molar-refractivity contribution in [1.29, 1.82) is 0 Å². The van der Waals surface area contributed by atoms with Crippen LogP contribution in [0.2, 0.25) is 0 Å². The Bertz CT molecular complexity index is 753.